The van der Waals surface area contributed by atoms with Crippen LogP contribution in [0.4, 0.5) is 10.1 Å². The molecule has 7 nitrogen and oxygen atoms in total. The minimum absolute atomic E-state index is 0.0295. The van der Waals surface area contributed by atoms with Crippen molar-refractivity contribution < 1.29 is 22.4 Å². The minimum Gasteiger partial charge on any atom is -0.354 e. The lowest BCUT2D eigenvalue weighted by molar-refractivity contribution is -0.140. The van der Waals surface area contributed by atoms with E-state index in [4.69, 9.17) is 34.8 Å². The summed E-state index contributed by atoms with van der Waals surface area (Å²) in [5, 5.41) is 3.21. The summed E-state index contributed by atoms with van der Waals surface area (Å²) in [4.78, 5) is 29.3. The maximum Gasteiger partial charge on any atom is 0.264 e. The lowest BCUT2D eigenvalue weighted by Gasteiger charge is -2.34. The maximum absolute atomic E-state index is 14.4. The topological polar surface area (TPSA) is 86.8 Å². The Balaban J connectivity index is 1.82. The summed E-state index contributed by atoms with van der Waals surface area (Å²) in [7, 11) is -4.36. The Labute approximate surface area is 277 Å². The molecule has 0 spiro atoms. The average molecular weight is 691 g/mol. The SMILES string of the molecule is CCCNC(=O)C(Cc1ccccc1)N(Cc1ccc(Cl)cc1Cl)C(=O)CN(c1ccc(F)c(Cl)c1)S(=O)(=O)c1ccccc1. The first kappa shape index (κ1) is 34.2. The van der Waals surface area contributed by atoms with Crippen LogP contribution in [0.5, 0.6) is 0 Å². The number of anilines is 1. The van der Waals surface area contributed by atoms with Crippen LogP contribution in [0.15, 0.2) is 102 Å². The molecule has 0 aromatic heterocycles. The van der Waals surface area contributed by atoms with Crippen molar-refractivity contribution in [3.63, 3.8) is 0 Å². The zero-order chi connectivity index (χ0) is 32.6. The van der Waals surface area contributed by atoms with Gasteiger partial charge in [-0.05, 0) is 60.0 Å². The first-order chi connectivity index (χ1) is 21.5. The van der Waals surface area contributed by atoms with E-state index in [9.17, 15) is 22.4 Å². The van der Waals surface area contributed by atoms with Crippen LogP contribution in [-0.4, -0.2) is 44.3 Å². The molecule has 1 atom stereocenters. The van der Waals surface area contributed by atoms with Gasteiger partial charge in [0.25, 0.3) is 10.0 Å². The third kappa shape index (κ3) is 8.76. The Kier molecular flexibility index (Phi) is 11.9. The molecule has 4 rings (SSSR count). The lowest BCUT2D eigenvalue weighted by atomic mass is 10.0. The number of nitrogens with one attached hydrogen (secondary N) is 1. The van der Waals surface area contributed by atoms with Gasteiger partial charge in [0.05, 0.1) is 15.6 Å². The van der Waals surface area contributed by atoms with Gasteiger partial charge in [0.2, 0.25) is 11.8 Å². The standard InChI is InChI=1S/C33H31Cl3FN3O4S/c1-2-17-38-33(42)31(18-23-9-5-3-6-10-23)39(21-24-13-14-25(34)19-28(24)35)32(41)22-40(26-15-16-30(37)29(36)20-26)45(43,44)27-11-7-4-8-12-27/h3-16,19-20,31H,2,17-18,21-22H2,1H3,(H,38,42). The molecule has 4 aromatic rings. The largest absolute Gasteiger partial charge is 0.354 e. The predicted molar refractivity (Wildman–Crippen MR) is 177 cm³/mol. The quantitative estimate of drug-likeness (QED) is 0.162. The van der Waals surface area contributed by atoms with Gasteiger partial charge >= 0.3 is 0 Å². The molecule has 45 heavy (non-hydrogen) atoms. The monoisotopic (exact) mass is 689 g/mol. The van der Waals surface area contributed by atoms with E-state index in [2.05, 4.69) is 5.32 Å². The van der Waals surface area contributed by atoms with Gasteiger partial charge in [-0.3, -0.25) is 13.9 Å². The molecule has 236 valence electrons. The number of nitrogens with zero attached hydrogens (tertiary/aromatic N) is 2. The smallest absolute Gasteiger partial charge is 0.264 e. The highest BCUT2D eigenvalue weighted by molar-refractivity contribution is 7.92. The first-order valence-electron chi connectivity index (χ1n) is 14.1. The normalized spacial score (nSPS) is 11.9. The molecule has 1 N–H and O–H groups in total. The van der Waals surface area contributed by atoms with Gasteiger partial charge in [-0.25, -0.2) is 12.8 Å². The van der Waals surface area contributed by atoms with Crippen molar-refractivity contribution in [1.82, 2.24) is 10.2 Å². The molecule has 0 saturated heterocycles. The molecule has 0 heterocycles. The highest BCUT2D eigenvalue weighted by atomic mass is 35.5. The number of halogens is 4. The highest BCUT2D eigenvalue weighted by Crippen LogP contribution is 2.29. The summed E-state index contributed by atoms with van der Waals surface area (Å²) in [5.74, 6) is -1.87. The van der Waals surface area contributed by atoms with Crippen LogP contribution in [0.25, 0.3) is 0 Å². The summed E-state index contributed by atoms with van der Waals surface area (Å²) >= 11 is 18.7. The van der Waals surface area contributed by atoms with Crippen LogP contribution in [-0.2, 0) is 32.6 Å². The molecule has 0 bridgehead atoms. The van der Waals surface area contributed by atoms with Gasteiger partial charge in [-0.15, -0.1) is 0 Å². The molecule has 0 radical (unpaired) electrons. The molecule has 1 unspecified atom stereocenters. The van der Waals surface area contributed by atoms with Crippen LogP contribution in [0, 0.1) is 5.82 Å². The zero-order valence-corrected chi connectivity index (χ0v) is 27.4. The Morgan fingerprint density at radius 1 is 0.867 bits per heavy atom. The molecule has 0 aliphatic carbocycles. The van der Waals surface area contributed by atoms with Gasteiger partial charge in [-0.1, -0.05) is 96.3 Å². The third-order valence-corrected chi connectivity index (χ3v) is 9.64. The zero-order valence-electron chi connectivity index (χ0n) is 24.3. The molecule has 12 heteroatoms. The molecule has 0 aliphatic heterocycles. The van der Waals surface area contributed by atoms with E-state index >= 15 is 0 Å². The summed E-state index contributed by atoms with van der Waals surface area (Å²) in [6, 6.07) is 23.8. The summed E-state index contributed by atoms with van der Waals surface area (Å²) in [5.41, 5.74) is 1.25. The van der Waals surface area contributed by atoms with E-state index in [1.807, 2.05) is 37.3 Å². The first-order valence-corrected chi connectivity index (χ1v) is 16.7. The summed E-state index contributed by atoms with van der Waals surface area (Å²) in [6.07, 6.45) is 0.802. The van der Waals surface area contributed by atoms with Crippen molar-refractivity contribution in [2.45, 2.75) is 37.2 Å². The fourth-order valence-corrected chi connectivity index (χ4v) is 6.71. The maximum atomic E-state index is 14.4. The van der Waals surface area contributed by atoms with Crippen molar-refractivity contribution >= 4 is 62.3 Å². The van der Waals surface area contributed by atoms with Gasteiger partial charge in [0.1, 0.15) is 18.4 Å². The minimum atomic E-state index is -4.36. The van der Waals surface area contributed by atoms with E-state index in [0.717, 1.165) is 22.0 Å². The number of benzene rings is 4. The van der Waals surface area contributed by atoms with Crippen molar-refractivity contribution in [1.29, 1.82) is 0 Å². The lowest BCUT2D eigenvalue weighted by Crippen LogP contribution is -2.53. The Bertz CT molecular complexity index is 1750. The van der Waals surface area contributed by atoms with Gasteiger partial charge < -0.3 is 10.2 Å². The van der Waals surface area contributed by atoms with Crippen LogP contribution in [0.3, 0.4) is 0 Å². The summed E-state index contributed by atoms with van der Waals surface area (Å²) in [6.45, 7) is 1.42. The molecular weight excluding hydrogens is 660 g/mol. The fourth-order valence-electron chi connectivity index (χ4n) is 4.64. The van der Waals surface area contributed by atoms with Crippen molar-refractivity contribution in [2.75, 3.05) is 17.4 Å². The van der Waals surface area contributed by atoms with Crippen molar-refractivity contribution in [3.8, 4) is 0 Å². The summed E-state index contributed by atoms with van der Waals surface area (Å²) < 4.78 is 43.0. The average Bonchev–Trinajstić information content (AvgIpc) is 3.03. The van der Waals surface area contributed by atoms with Gasteiger partial charge in [0, 0.05) is 29.6 Å². The fraction of sp³-hybridized carbons (Fsp3) is 0.212. The molecule has 0 saturated carbocycles. The van der Waals surface area contributed by atoms with Gasteiger partial charge in [-0.2, -0.15) is 0 Å². The van der Waals surface area contributed by atoms with Crippen LogP contribution >= 0.6 is 34.8 Å². The number of carbonyl (C=O) groups excluding carboxylic acids is 2. The Morgan fingerprint density at radius 3 is 2.16 bits per heavy atom. The van der Waals surface area contributed by atoms with Crippen LogP contribution in [0.2, 0.25) is 15.1 Å². The molecular formula is C33H31Cl3FN3O4S. The Morgan fingerprint density at radius 2 is 1.53 bits per heavy atom. The molecule has 0 aliphatic rings. The molecule has 0 fully saturated rings. The van der Waals surface area contributed by atoms with Crippen molar-refractivity contribution in [2.24, 2.45) is 0 Å². The van der Waals surface area contributed by atoms with E-state index in [0.29, 0.717) is 23.6 Å². The second kappa shape index (κ2) is 15.6. The van der Waals surface area contributed by atoms with Crippen LogP contribution in [0.1, 0.15) is 24.5 Å². The highest BCUT2D eigenvalue weighted by Gasteiger charge is 2.35. The van der Waals surface area contributed by atoms with Crippen LogP contribution < -0.4 is 9.62 Å². The number of sulfonamides is 1. The number of hydrogen-bond acceptors (Lipinski definition) is 4. The van der Waals surface area contributed by atoms with Gasteiger partial charge in [0.15, 0.2) is 0 Å². The molecule has 2 amide bonds. The van der Waals surface area contributed by atoms with E-state index < -0.39 is 40.2 Å². The van der Waals surface area contributed by atoms with Crippen molar-refractivity contribution in [3.05, 3.63) is 129 Å². The number of hydrogen-bond donors (Lipinski definition) is 1. The number of carbonyl (C=O) groups is 2. The number of rotatable bonds is 13. The Hall–Kier alpha value is -3.63. The van der Waals surface area contributed by atoms with E-state index in [1.165, 1.54) is 29.2 Å². The number of amides is 2. The third-order valence-electron chi connectivity index (χ3n) is 6.98. The molecule has 4 aromatic carbocycles. The van der Waals surface area contributed by atoms with E-state index in [1.54, 1.807) is 30.3 Å². The second-order valence-electron chi connectivity index (χ2n) is 10.2. The predicted octanol–water partition coefficient (Wildman–Crippen LogP) is 7.15. The second-order valence-corrected chi connectivity index (χ2v) is 13.3. The van der Waals surface area contributed by atoms with E-state index in [-0.39, 0.29) is 33.6 Å².